The fourth-order valence-corrected chi connectivity index (χ4v) is 2.94. The van der Waals surface area contributed by atoms with Gasteiger partial charge in [-0.3, -0.25) is 4.98 Å². The van der Waals surface area contributed by atoms with Crippen LogP contribution < -0.4 is 10.6 Å². The van der Waals surface area contributed by atoms with Gasteiger partial charge in [0.15, 0.2) is 0 Å². The molecule has 2 N–H and O–H groups in total. The molecular formula is C15H25N3. The van der Waals surface area contributed by atoms with E-state index in [0.717, 1.165) is 11.6 Å². The normalized spacial score (nSPS) is 25.8. The molecule has 0 aromatic carbocycles. The molecule has 1 fully saturated rings. The third-order valence-electron chi connectivity index (χ3n) is 4.21. The van der Waals surface area contributed by atoms with E-state index in [2.05, 4.69) is 29.9 Å². The molecule has 1 aliphatic carbocycles. The zero-order valence-corrected chi connectivity index (χ0v) is 11.8. The number of hydrogen-bond acceptors (Lipinski definition) is 3. The minimum Gasteiger partial charge on any atom is -0.370 e. The minimum absolute atomic E-state index is 0.0120. The number of anilines is 1. The molecule has 0 saturated heterocycles. The van der Waals surface area contributed by atoms with Gasteiger partial charge in [0, 0.05) is 19.1 Å². The molecule has 0 amide bonds. The van der Waals surface area contributed by atoms with E-state index in [-0.39, 0.29) is 6.04 Å². The maximum absolute atomic E-state index is 5.83. The summed E-state index contributed by atoms with van der Waals surface area (Å²) in [5.41, 5.74) is 8.00. The largest absolute Gasteiger partial charge is 0.370 e. The van der Waals surface area contributed by atoms with Crippen LogP contribution in [0, 0.1) is 5.92 Å². The topological polar surface area (TPSA) is 42.1 Å². The molecule has 1 heterocycles. The van der Waals surface area contributed by atoms with E-state index in [1.54, 1.807) is 0 Å². The van der Waals surface area contributed by atoms with Crippen molar-refractivity contribution in [2.45, 2.75) is 51.6 Å². The van der Waals surface area contributed by atoms with Gasteiger partial charge in [0.25, 0.3) is 0 Å². The van der Waals surface area contributed by atoms with Crippen molar-refractivity contribution in [3.05, 3.63) is 24.0 Å². The van der Waals surface area contributed by atoms with Crippen LogP contribution >= 0.6 is 0 Å². The summed E-state index contributed by atoms with van der Waals surface area (Å²) in [5, 5.41) is 0. The fourth-order valence-electron chi connectivity index (χ4n) is 2.94. The highest BCUT2D eigenvalue weighted by molar-refractivity contribution is 5.45. The van der Waals surface area contributed by atoms with Crippen molar-refractivity contribution in [2.75, 3.05) is 11.9 Å². The lowest BCUT2D eigenvalue weighted by Gasteiger charge is -2.37. The van der Waals surface area contributed by atoms with Crippen molar-refractivity contribution in [3.8, 4) is 0 Å². The second kappa shape index (κ2) is 5.70. The van der Waals surface area contributed by atoms with Gasteiger partial charge in [0.1, 0.15) is 0 Å². The minimum atomic E-state index is 0.0120. The number of pyridine rings is 1. The molecule has 3 heteroatoms. The quantitative estimate of drug-likeness (QED) is 0.892. The van der Waals surface area contributed by atoms with Crippen molar-refractivity contribution >= 4 is 5.69 Å². The SMILES string of the molecule is CC(N)c1ccc(N(C)C2CCCCC2C)cn1. The van der Waals surface area contributed by atoms with Crippen molar-refractivity contribution in [2.24, 2.45) is 11.7 Å². The Morgan fingerprint density at radius 1 is 1.33 bits per heavy atom. The predicted molar refractivity (Wildman–Crippen MR) is 76.7 cm³/mol. The predicted octanol–water partition coefficient (Wildman–Crippen LogP) is 3.12. The Balaban J connectivity index is 2.10. The molecule has 0 aliphatic heterocycles. The zero-order valence-electron chi connectivity index (χ0n) is 11.8. The summed E-state index contributed by atoms with van der Waals surface area (Å²) in [7, 11) is 2.19. The molecule has 18 heavy (non-hydrogen) atoms. The Kier molecular flexibility index (Phi) is 4.23. The molecule has 1 aromatic heterocycles. The van der Waals surface area contributed by atoms with Crippen LogP contribution in [0.2, 0.25) is 0 Å². The lowest BCUT2D eigenvalue weighted by atomic mass is 9.85. The smallest absolute Gasteiger partial charge is 0.0569 e. The molecule has 3 unspecified atom stereocenters. The zero-order chi connectivity index (χ0) is 13.1. The first-order valence-electron chi connectivity index (χ1n) is 7.04. The monoisotopic (exact) mass is 247 g/mol. The van der Waals surface area contributed by atoms with Crippen LogP contribution in [0.3, 0.4) is 0 Å². The molecule has 0 spiro atoms. The van der Waals surface area contributed by atoms with Crippen LogP contribution in [0.25, 0.3) is 0 Å². The number of nitrogens with zero attached hydrogens (tertiary/aromatic N) is 2. The summed E-state index contributed by atoms with van der Waals surface area (Å²) in [6.07, 6.45) is 7.34. The van der Waals surface area contributed by atoms with E-state index in [0.29, 0.717) is 6.04 Å². The van der Waals surface area contributed by atoms with Crippen molar-refractivity contribution < 1.29 is 0 Å². The Morgan fingerprint density at radius 2 is 2.06 bits per heavy atom. The lowest BCUT2D eigenvalue weighted by molar-refractivity contribution is 0.321. The first-order chi connectivity index (χ1) is 8.59. The molecule has 0 bridgehead atoms. The second-order valence-corrected chi connectivity index (χ2v) is 5.67. The van der Waals surface area contributed by atoms with Crippen LogP contribution in [-0.2, 0) is 0 Å². The molecule has 3 nitrogen and oxygen atoms in total. The van der Waals surface area contributed by atoms with E-state index in [1.165, 1.54) is 31.4 Å². The van der Waals surface area contributed by atoms with Gasteiger partial charge in [-0.2, -0.15) is 0 Å². The maximum Gasteiger partial charge on any atom is 0.0569 e. The first-order valence-corrected chi connectivity index (χ1v) is 7.04. The Morgan fingerprint density at radius 3 is 2.61 bits per heavy atom. The van der Waals surface area contributed by atoms with Crippen molar-refractivity contribution in [3.63, 3.8) is 0 Å². The Bertz CT molecular complexity index is 372. The van der Waals surface area contributed by atoms with Gasteiger partial charge in [-0.15, -0.1) is 0 Å². The third-order valence-corrected chi connectivity index (χ3v) is 4.21. The molecule has 100 valence electrons. The molecule has 0 radical (unpaired) electrons. The highest BCUT2D eigenvalue weighted by Crippen LogP contribution is 2.30. The highest BCUT2D eigenvalue weighted by Gasteiger charge is 2.25. The van der Waals surface area contributed by atoms with Gasteiger partial charge in [-0.05, 0) is 37.8 Å². The highest BCUT2D eigenvalue weighted by atomic mass is 15.1. The third kappa shape index (κ3) is 2.83. The number of nitrogens with two attached hydrogens (primary N) is 1. The van der Waals surface area contributed by atoms with E-state index < -0.39 is 0 Å². The Hall–Kier alpha value is -1.09. The van der Waals surface area contributed by atoms with Gasteiger partial charge >= 0.3 is 0 Å². The van der Waals surface area contributed by atoms with Gasteiger partial charge in [-0.25, -0.2) is 0 Å². The fraction of sp³-hybridized carbons (Fsp3) is 0.667. The van der Waals surface area contributed by atoms with Crippen LogP contribution in [0.4, 0.5) is 5.69 Å². The second-order valence-electron chi connectivity index (χ2n) is 5.67. The molecule has 2 rings (SSSR count). The molecule has 1 aromatic rings. The van der Waals surface area contributed by atoms with E-state index in [9.17, 15) is 0 Å². The summed E-state index contributed by atoms with van der Waals surface area (Å²) in [5.74, 6) is 0.775. The lowest BCUT2D eigenvalue weighted by Crippen LogP contribution is -2.39. The van der Waals surface area contributed by atoms with Gasteiger partial charge < -0.3 is 10.6 Å². The van der Waals surface area contributed by atoms with Crippen LogP contribution in [-0.4, -0.2) is 18.1 Å². The van der Waals surface area contributed by atoms with Crippen LogP contribution in [0.15, 0.2) is 18.3 Å². The average molecular weight is 247 g/mol. The number of aromatic nitrogens is 1. The van der Waals surface area contributed by atoms with E-state index in [1.807, 2.05) is 19.2 Å². The average Bonchev–Trinajstić information content (AvgIpc) is 2.38. The Labute approximate surface area is 110 Å². The van der Waals surface area contributed by atoms with Gasteiger partial charge in [0.2, 0.25) is 0 Å². The molecule has 1 aliphatic rings. The summed E-state index contributed by atoms with van der Waals surface area (Å²) < 4.78 is 0. The van der Waals surface area contributed by atoms with Crippen LogP contribution in [0.5, 0.6) is 0 Å². The molecular weight excluding hydrogens is 222 g/mol. The number of hydrogen-bond donors (Lipinski definition) is 1. The number of rotatable bonds is 3. The summed E-state index contributed by atoms with van der Waals surface area (Å²) >= 11 is 0. The van der Waals surface area contributed by atoms with Crippen LogP contribution in [0.1, 0.15) is 51.3 Å². The van der Waals surface area contributed by atoms with Crippen molar-refractivity contribution in [1.29, 1.82) is 0 Å². The maximum atomic E-state index is 5.83. The van der Waals surface area contributed by atoms with Gasteiger partial charge in [0.05, 0.1) is 17.6 Å². The summed E-state index contributed by atoms with van der Waals surface area (Å²) in [4.78, 5) is 6.84. The standard InChI is InChI=1S/C15H25N3/c1-11-6-4-5-7-15(11)18(3)13-8-9-14(12(2)16)17-10-13/h8-12,15H,4-7,16H2,1-3H3. The van der Waals surface area contributed by atoms with E-state index >= 15 is 0 Å². The first kappa shape index (κ1) is 13.3. The van der Waals surface area contributed by atoms with Crippen molar-refractivity contribution in [1.82, 2.24) is 4.98 Å². The van der Waals surface area contributed by atoms with Gasteiger partial charge in [-0.1, -0.05) is 19.8 Å². The summed E-state index contributed by atoms with van der Waals surface area (Å²) in [6, 6.07) is 4.86. The molecule has 1 saturated carbocycles. The van der Waals surface area contributed by atoms with E-state index in [4.69, 9.17) is 5.73 Å². The molecule has 3 atom stereocenters. The summed E-state index contributed by atoms with van der Waals surface area (Å²) in [6.45, 7) is 4.33.